The number of para-hydroxylation sites is 1. The summed E-state index contributed by atoms with van der Waals surface area (Å²) in [5, 5.41) is 7.83. The molecule has 3 aromatic rings. The van der Waals surface area contributed by atoms with Gasteiger partial charge in [0.2, 0.25) is 5.95 Å². The van der Waals surface area contributed by atoms with E-state index in [9.17, 15) is 4.79 Å². The number of nitrogens with zero attached hydrogens (tertiary/aromatic N) is 2. The molecule has 0 bridgehead atoms. The van der Waals surface area contributed by atoms with E-state index in [1.807, 2.05) is 24.3 Å². The first-order valence-electron chi connectivity index (χ1n) is 7.36. The highest BCUT2D eigenvalue weighted by molar-refractivity contribution is 6.35. The molecule has 2 N–H and O–H groups in total. The standard InChI is InChI=1S/C17H14Cl2N4O2/c1-25-15(24)9-20-16-13-4-2-3-5-14(13)22-17(23-16)21-12-7-10(18)6-11(19)8-12/h2-8H,9H2,1H3,(H2,20,21,22,23). The van der Waals surface area contributed by atoms with Crippen molar-refractivity contribution >= 4 is 57.5 Å². The Balaban J connectivity index is 1.96. The number of halogens is 2. The Hall–Kier alpha value is -2.57. The molecule has 0 spiro atoms. The number of fused-ring (bicyclic) bond motifs is 1. The molecular weight excluding hydrogens is 363 g/mol. The molecule has 0 aliphatic carbocycles. The van der Waals surface area contributed by atoms with E-state index in [0.717, 1.165) is 10.9 Å². The minimum atomic E-state index is -0.390. The topological polar surface area (TPSA) is 76.1 Å². The van der Waals surface area contributed by atoms with Gasteiger partial charge in [-0.2, -0.15) is 4.98 Å². The van der Waals surface area contributed by atoms with Crippen molar-refractivity contribution in [3.63, 3.8) is 0 Å². The molecule has 0 unspecified atom stereocenters. The number of anilines is 3. The molecule has 0 atom stereocenters. The van der Waals surface area contributed by atoms with Gasteiger partial charge in [-0.3, -0.25) is 4.79 Å². The lowest BCUT2D eigenvalue weighted by Crippen LogP contribution is -2.16. The number of hydrogen-bond acceptors (Lipinski definition) is 6. The number of carbonyl (C=O) groups excluding carboxylic acids is 1. The minimum absolute atomic E-state index is 0.0000586. The summed E-state index contributed by atoms with van der Waals surface area (Å²) < 4.78 is 4.65. The molecule has 8 heteroatoms. The van der Waals surface area contributed by atoms with E-state index in [0.29, 0.717) is 27.5 Å². The van der Waals surface area contributed by atoms with Gasteiger partial charge in [-0.1, -0.05) is 35.3 Å². The van der Waals surface area contributed by atoms with Gasteiger partial charge in [0, 0.05) is 21.1 Å². The molecule has 1 heterocycles. The van der Waals surface area contributed by atoms with Gasteiger partial charge in [0.05, 0.1) is 12.6 Å². The number of ether oxygens (including phenoxy) is 1. The first-order valence-corrected chi connectivity index (χ1v) is 8.11. The van der Waals surface area contributed by atoms with Crippen LogP contribution in [0.3, 0.4) is 0 Å². The van der Waals surface area contributed by atoms with Crippen molar-refractivity contribution in [2.24, 2.45) is 0 Å². The molecule has 0 aliphatic rings. The quantitative estimate of drug-likeness (QED) is 0.647. The smallest absolute Gasteiger partial charge is 0.325 e. The Morgan fingerprint density at radius 3 is 2.56 bits per heavy atom. The van der Waals surface area contributed by atoms with Gasteiger partial charge in [0.25, 0.3) is 0 Å². The second kappa shape index (κ2) is 7.55. The van der Waals surface area contributed by atoms with Gasteiger partial charge in [-0.05, 0) is 30.3 Å². The molecule has 3 rings (SSSR count). The van der Waals surface area contributed by atoms with Crippen molar-refractivity contribution < 1.29 is 9.53 Å². The molecule has 2 aromatic carbocycles. The Morgan fingerprint density at radius 1 is 1.12 bits per heavy atom. The van der Waals surface area contributed by atoms with Gasteiger partial charge < -0.3 is 15.4 Å². The van der Waals surface area contributed by atoms with Crippen molar-refractivity contribution in [3.8, 4) is 0 Å². The maximum Gasteiger partial charge on any atom is 0.325 e. The van der Waals surface area contributed by atoms with Crippen molar-refractivity contribution in [2.75, 3.05) is 24.3 Å². The molecule has 6 nitrogen and oxygen atoms in total. The van der Waals surface area contributed by atoms with Crippen LogP contribution in [0.1, 0.15) is 0 Å². The summed E-state index contributed by atoms with van der Waals surface area (Å²) in [6, 6.07) is 12.5. The van der Waals surface area contributed by atoms with Gasteiger partial charge >= 0.3 is 5.97 Å². The van der Waals surface area contributed by atoms with Crippen LogP contribution in [0.25, 0.3) is 10.9 Å². The summed E-state index contributed by atoms with van der Waals surface area (Å²) in [4.78, 5) is 20.3. The molecule has 0 aliphatic heterocycles. The molecule has 0 amide bonds. The number of rotatable bonds is 5. The summed E-state index contributed by atoms with van der Waals surface area (Å²) in [6.45, 7) is -0.0000586. The number of aromatic nitrogens is 2. The van der Waals surface area contributed by atoms with Crippen LogP contribution in [0.5, 0.6) is 0 Å². The summed E-state index contributed by atoms with van der Waals surface area (Å²) in [5.74, 6) is 0.481. The second-order valence-corrected chi connectivity index (χ2v) is 6.00. The maximum absolute atomic E-state index is 11.4. The fraction of sp³-hybridized carbons (Fsp3) is 0.118. The lowest BCUT2D eigenvalue weighted by atomic mass is 10.2. The Kier molecular flexibility index (Phi) is 5.21. The summed E-state index contributed by atoms with van der Waals surface area (Å²) in [5.41, 5.74) is 1.38. The van der Waals surface area contributed by atoms with Crippen molar-refractivity contribution in [1.29, 1.82) is 0 Å². The predicted molar refractivity (Wildman–Crippen MR) is 99.8 cm³/mol. The largest absolute Gasteiger partial charge is 0.468 e. The van der Waals surface area contributed by atoms with Gasteiger partial charge in [0.1, 0.15) is 12.4 Å². The molecule has 0 fully saturated rings. The highest BCUT2D eigenvalue weighted by atomic mass is 35.5. The lowest BCUT2D eigenvalue weighted by Gasteiger charge is -2.11. The third-order valence-corrected chi connectivity index (χ3v) is 3.79. The highest BCUT2D eigenvalue weighted by Gasteiger charge is 2.10. The van der Waals surface area contributed by atoms with Crippen LogP contribution < -0.4 is 10.6 Å². The van der Waals surface area contributed by atoms with E-state index >= 15 is 0 Å². The lowest BCUT2D eigenvalue weighted by molar-refractivity contribution is -0.138. The van der Waals surface area contributed by atoms with Gasteiger partial charge in [0.15, 0.2) is 0 Å². The zero-order chi connectivity index (χ0) is 17.8. The van der Waals surface area contributed by atoms with Crippen LogP contribution >= 0.6 is 23.2 Å². The fourth-order valence-corrected chi connectivity index (χ4v) is 2.78. The molecular formula is C17H14Cl2N4O2. The molecule has 1 aromatic heterocycles. The van der Waals surface area contributed by atoms with Crippen molar-refractivity contribution in [2.45, 2.75) is 0 Å². The second-order valence-electron chi connectivity index (χ2n) is 5.13. The maximum atomic E-state index is 11.4. The van der Waals surface area contributed by atoms with Crippen LogP contribution in [-0.2, 0) is 9.53 Å². The van der Waals surface area contributed by atoms with E-state index in [-0.39, 0.29) is 12.5 Å². The molecule has 0 saturated carbocycles. The van der Waals surface area contributed by atoms with Crippen LogP contribution in [0.4, 0.5) is 17.5 Å². The van der Waals surface area contributed by atoms with Gasteiger partial charge in [-0.25, -0.2) is 4.98 Å². The number of nitrogens with one attached hydrogen (secondary N) is 2. The average Bonchev–Trinajstić information content (AvgIpc) is 2.58. The number of esters is 1. The third kappa shape index (κ3) is 4.29. The molecule has 0 saturated heterocycles. The van der Waals surface area contributed by atoms with Crippen molar-refractivity contribution in [1.82, 2.24) is 9.97 Å². The first-order chi connectivity index (χ1) is 12.0. The predicted octanol–water partition coefficient (Wildman–Crippen LogP) is 4.27. The summed E-state index contributed by atoms with van der Waals surface area (Å²) in [6.07, 6.45) is 0. The Labute approximate surface area is 154 Å². The van der Waals surface area contributed by atoms with Crippen LogP contribution in [0.15, 0.2) is 42.5 Å². The van der Waals surface area contributed by atoms with E-state index in [1.54, 1.807) is 18.2 Å². The van der Waals surface area contributed by atoms with Crippen molar-refractivity contribution in [3.05, 3.63) is 52.5 Å². The molecule has 25 heavy (non-hydrogen) atoms. The van der Waals surface area contributed by atoms with E-state index in [1.165, 1.54) is 7.11 Å². The number of benzene rings is 2. The SMILES string of the molecule is COC(=O)CNc1nc(Nc2cc(Cl)cc(Cl)c2)nc2ccccc12. The monoisotopic (exact) mass is 376 g/mol. The van der Waals surface area contributed by atoms with Gasteiger partial charge in [-0.15, -0.1) is 0 Å². The first kappa shape index (κ1) is 17.3. The average molecular weight is 377 g/mol. The summed E-state index contributed by atoms with van der Waals surface area (Å²) in [7, 11) is 1.33. The van der Waals surface area contributed by atoms with E-state index < -0.39 is 0 Å². The van der Waals surface area contributed by atoms with E-state index in [4.69, 9.17) is 23.2 Å². The highest BCUT2D eigenvalue weighted by Crippen LogP contribution is 2.26. The van der Waals surface area contributed by atoms with Crippen LogP contribution in [0.2, 0.25) is 10.0 Å². The zero-order valence-electron chi connectivity index (χ0n) is 13.2. The number of hydrogen-bond donors (Lipinski definition) is 2. The molecule has 128 valence electrons. The van der Waals surface area contributed by atoms with Crippen LogP contribution in [0, 0.1) is 0 Å². The normalized spacial score (nSPS) is 10.5. The molecule has 0 radical (unpaired) electrons. The Bertz CT molecular complexity index is 913. The van der Waals surface area contributed by atoms with E-state index in [2.05, 4.69) is 25.3 Å². The third-order valence-electron chi connectivity index (χ3n) is 3.35. The minimum Gasteiger partial charge on any atom is -0.468 e. The Morgan fingerprint density at radius 2 is 1.84 bits per heavy atom. The zero-order valence-corrected chi connectivity index (χ0v) is 14.7. The fourth-order valence-electron chi connectivity index (χ4n) is 2.25. The number of carbonyl (C=O) groups is 1. The number of methoxy groups -OCH3 is 1. The summed E-state index contributed by atoms with van der Waals surface area (Å²) >= 11 is 12.0. The van der Waals surface area contributed by atoms with Crippen LogP contribution in [-0.4, -0.2) is 29.6 Å².